The van der Waals surface area contributed by atoms with E-state index in [4.69, 9.17) is 11.6 Å². The first kappa shape index (κ1) is 20.4. The van der Waals surface area contributed by atoms with Crippen LogP contribution in [0.15, 0.2) is 36.4 Å². The van der Waals surface area contributed by atoms with Crippen molar-refractivity contribution >= 4 is 45.5 Å². The summed E-state index contributed by atoms with van der Waals surface area (Å²) in [4.78, 5) is 36.1. The van der Waals surface area contributed by atoms with Gasteiger partial charge in [0, 0.05) is 46.4 Å². The maximum absolute atomic E-state index is 12.5. The van der Waals surface area contributed by atoms with E-state index in [2.05, 4.69) is 27.2 Å². The number of carbonyl (C=O) groups excluding carboxylic acids is 2. The minimum atomic E-state index is -0.113. The van der Waals surface area contributed by atoms with Crippen LogP contribution < -0.4 is 5.32 Å². The summed E-state index contributed by atoms with van der Waals surface area (Å²) in [5.74, 6) is 0.225. The number of carbonyl (C=O) groups is 2. The Bertz CT molecular complexity index is 1200. The van der Waals surface area contributed by atoms with Gasteiger partial charge in [0.05, 0.1) is 5.69 Å². The van der Waals surface area contributed by atoms with Gasteiger partial charge in [0.1, 0.15) is 5.69 Å². The molecule has 2 N–H and O–H groups in total. The molecule has 2 aliphatic rings. The molecule has 1 fully saturated rings. The molecule has 1 aliphatic carbocycles. The fraction of sp³-hybridized carbons (Fsp3) is 0.348. The van der Waals surface area contributed by atoms with Crippen LogP contribution in [0.3, 0.4) is 0 Å². The van der Waals surface area contributed by atoms with E-state index in [0.717, 1.165) is 48.9 Å². The van der Waals surface area contributed by atoms with Crippen molar-refractivity contribution in [1.29, 1.82) is 0 Å². The third-order valence-electron chi connectivity index (χ3n) is 5.91. The van der Waals surface area contributed by atoms with Gasteiger partial charge in [0.15, 0.2) is 5.01 Å². The Morgan fingerprint density at radius 1 is 1.39 bits per heavy atom. The molecule has 0 bridgehead atoms. The number of rotatable bonds is 6. The molecule has 0 unspecified atom stereocenters. The highest BCUT2D eigenvalue weighted by molar-refractivity contribution is 7.13. The molecule has 0 saturated heterocycles. The molecule has 0 spiro atoms. The Hall–Kier alpha value is -2.48. The number of hydrogen-bond acceptors (Lipinski definition) is 5. The fourth-order valence-corrected chi connectivity index (χ4v) is 5.30. The predicted molar refractivity (Wildman–Crippen MR) is 123 cm³/mol. The molecule has 6 nitrogen and oxygen atoms in total. The van der Waals surface area contributed by atoms with Crippen LogP contribution in [-0.2, 0) is 13.0 Å². The van der Waals surface area contributed by atoms with Crippen molar-refractivity contribution in [2.24, 2.45) is 5.92 Å². The van der Waals surface area contributed by atoms with Gasteiger partial charge in [0.2, 0.25) is 5.78 Å². The van der Waals surface area contributed by atoms with Gasteiger partial charge >= 0.3 is 0 Å². The van der Waals surface area contributed by atoms with Crippen molar-refractivity contribution in [2.45, 2.75) is 31.8 Å². The molecule has 8 heteroatoms. The number of hydrogen-bond donors (Lipinski definition) is 2. The zero-order valence-electron chi connectivity index (χ0n) is 17.2. The molecular formula is C23H23ClN4O2S. The summed E-state index contributed by atoms with van der Waals surface area (Å²) in [6.07, 6.45) is 6.15. The van der Waals surface area contributed by atoms with Crippen LogP contribution in [0.2, 0.25) is 5.02 Å². The molecular weight excluding hydrogens is 432 g/mol. The van der Waals surface area contributed by atoms with E-state index < -0.39 is 0 Å². The van der Waals surface area contributed by atoms with Crippen molar-refractivity contribution in [3.05, 3.63) is 62.7 Å². The molecule has 2 aromatic heterocycles. The van der Waals surface area contributed by atoms with Crippen molar-refractivity contribution in [3.8, 4) is 0 Å². The van der Waals surface area contributed by atoms with Gasteiger partial charge in [-0.15, -0.1) is 11.3 Å². The number of nitrogens with zero attached hydrogens (tertiary/aromatic N) is 2. The Labute approximate surface area is 189 Å². The zero-order chi connectivity index (χ0) is 21.5. The number of halogens is 1. The number of likely N-dealkylation sites (N-methyl/N-ethyl adjacent to an activating group) is 1. The van der Waals surface area contributed by atoms with Crippen LogP contribution in [0.5, 0.6) is 0 Å². The quantitative estimate of drug-likeness (QED) is 0.432. The lowest BCUT2D eigenvalue weighted by molar-refractivity contribution is 0.0944. The van der Waals surface area contributed by atoms with E-state index in [0.29, 0.717) is 21.6 Å². The lowest BCUT2D eigenvalue weighted by Gasteiger charge is -2.20. The van der Waals surface area contributed by atoms with Gasteiger partial charge in [-0.3, -0.25) is 9.59 Å². The summed E-state index contributed by atoms with van der Waals surface area (Å²) in [6, 6.07) is 7.46. The number of aromatic amines is 1. The van der Waals surface area contributed by atoms with Gasteiger partial charge in [0.25, 0.3) is 5.91 Å². The minimum Gasteiger partial charge on any atom is -0.351 e. The number of allylic oxidation sites excluding steroid dienone is 2. The zero-order valence-corrected chi connectivity index (χ0v) is 18.7. The van der Waals surface area contributed by atoms with E-state index in [9.17, 15) is 9.59 Å². The second-order valence-corrected chi connectivity index (χ2v) is 9.89. The van der Waals surface area contributed by atoms with Gasteiger partial charge in [-0.1, -0.05) is 17.7 Å². The summed E-state index contributed by atoms with van der Waals surface area (Å²) in [6.45, 7) is 1.86. The lowest BCUT2D eigenvalue weighted by atomic mass is 10.2. The van der Waals surface area contributed by atoms with Gasteiger partial charge in [-0.05, 0) is 56.1 Å². The highest BCUT2D eigenvalue weighted by Crippen LogP contribution is 2.34. The maximum Gasteiger partial charge on any atom is 0.267 e. The number of amides is 1. The summed E-state index contributed by atoms with van der Waals surface area (Å²) < 4.78 is 0. The summed E-state index contributed by atoms with van der Waals surface area (Å²) >= 11 is 7.52. The van der Waals surface area contributed by atoms with Crippen LogP contribution in [0, 0.1) is 5.92 Å². The fourth-order valence-electron chi connectivity index (χ4n) is 4.01. The first-order valence-electron chi connectivity index (χ1n) is 10.4. The SMILES string of the molecule is CN1CCc2nc(C(=O)/C=C/C[C@H]3C[C@H]3NC(=O)c3cc4cc(Cl)ccc4[nH]3)sc2C1. The molecule has 3 heterocycles. The number of fused-ring (bicyclic) bond motifs is 2. The first-order chi connectivity index (χ1) is 15.0. The third kappa shape index (κ3) is 4.44. The number of thiazole rings is 1. The largest absolute Gasteiger partial charge is 0.351 e. The average molecular weight is 455 g/mol. The molecule has 2 atom stereocenters. The summed E-state index contributed by atoms with van der Waals surface area (Å²) in [7, 11) is 2.09. The molecule has 1 aromatic carbocycles. The standard InChI is InChI=1S/C23H23ClN4O2S/c1-28-8-7-17-21(12-28)31-23(27-17)20(29)4-2-3-13-10-18(13)26-22(30)19-11-14-9-15(24)5-6-16(14)25-19/h2,4-6,9,11,13,18,25H,3,7-8,10,12H2,1H3,(H,26,30)/b4-2+/t13-,18+/m0/s1. The summed E-state index contributed by atoms with van der Waals surface area (Å²) in [5, 5.41) is 5.21. The predicted octanol–water partition coefficient (Wildman–Crippen LogP) is 4.21. The van der Waals surface area contributed by atoms with E-state index in [-0.39, 0.29) is 17.7 Å². The van der Waals surface area contributed by atoms with E-state index in [1.165, 1.54) is 16.2 Å². The van der Waals surface area contributed by atoms with E-state index in [1.54, 1.807) is 12.1 Å². The number of ketones is 1. The van der Waals surface area contributed by atoms with Gasteiger partial charge in [-0.25, -0.2) is 4.98 Å². The number of H-pyrrole nitrogens is 1. The highest BCUT2D eigenvalue weighted by Gasteiger charge is 2.37. The lowest BCUT2D eigenvalue weighted by Crippen LogP contribution is -2.27. The maximum atomic E-state index is 12.5. The van der Waals surface area contributed by atoms with Crippen LogP contribution in [-0.4, -0.2) is 46.2 Å². The molecule has 31 heavy (non-hydrogen) atoms. The molecule has 160 valence electrons. The second-order valence-electron chi connectivity index (χ2n) is 8.37. The van der Waals surface area contributed by atoms with Crippen molar-refractivity contribution in [2.75, 3.05) is 13.6 Å². The molecule has 0 radical (unpaired) electrons. The van der Waals surface area contributed by atoms with Crippen molar-refractivity contribution in [3.63, 3.8) is 0 Å². The number of benzene rings is 1. The second kappa shape index (κ2) is 8.22. The van der Waals surface area contributed by atoms with Crippen molar-refractivity contribution < 1.29 is 9.59 Å². The monoisotopic (exact) mass is 454 g/mol. The van der Waals surface area contributed by atoms with Gasteiger partial charge in [-0.2, -0.15) is 0 Å². The van der Waals surface area contributed by atoms with Crippen LogP contribution in [0.1, 0.15) is 43.7 Å². The topological polar surface area (TPSA) is 78.1 Å². The average Bonchev–Trinajstić information content (AvgIpc) is 3.13. The summed E-state index contributed by atoms with van der Waals surface area (Å²) in [5.41, 5.74) is 2.50. The molecule has 1 amide bonds. The van der Waals surface area contributed by atoms with Crippen LogP contribution in [0.25, 0.3) is 10.9 Å². The van der Waals surface area contributed by atoms with Gasteiger partial charge < -0.3 is 15.2 Å². The number of aromatic nitrogens is 2. The third-order valence-corrected chi connectivity index (χ3v) is 7.24. The smallest absolute Gasteiger partial charge is 0.267 e. The normalized spacial score (nSPS) is 20.8. The number of nitrogens with one attached hydrogen (secondary N) is 2. The van der Waals surface area contributed by atoms with Crippen molar-refractivity contribution in [1.82, 2.24) is 20.2 Å². The molecule has 3 aromatic rings. The van der Waals surface area contributed by atoms with E-state index in [1.807, 2.05) is 24.3 Å². The minimum absolute atomic E-state index is 0.0278. The molecule has 5 rings (SSSR count). The Balaban J connectivity index is 1.13. The Morgan fingerprint density at radius 3 is 3.13 bits per heavy atom. The van der Waals surface area contributed by atoms with E-state index >= 15 is 0 Å². The molecule has 1 aliphatic heterocycles. The van der Waals surface area contributed by atoms with Crippen LogP contribution in [0.4, 0.5) is 0 Å². The Morgan fingerprint density at radius 2 is 2.26 bits per heavy atom. The molecule has 1 saturated carbocycles. The van der Waals surface area contributed by atoms with Crippen LogP contribution >= 0.6 is 22.9 Å². The first-order valence-corrected chi connectivity index (χ1v) is 11.6. The Kier molecular flexibility index (Phi) is 5.42. The highest BCUT2D eigenvalue weighted by atomic mass is 35.5.